The summed E-state index contributed by atoms with van der Waals surface area (Å²) in [5, 5.41) is 8.81. The van der Waals surface area contributed by atoms with Crippen LogP contribution >= 0.6 is 0 Å². The van der Waals surface area contributed by atoms with Gasteiger partial charge in [-0.25, -0.2) is 0 Å². The van der Waals surface area contributed by atoms with Gasteiger partial charge in [0, 0.05) is 6.61 Å². The van der Waals surface area contributed by atoms with Crippen molar-refractivity contribution in [1.29, 1.82) is 0 Å². The summed E-state index contributed by atoms with van der Waals surface area (Å²) in [5.41, 5.74) is 0.398. The van der Waals surface area contributed by atoms with Gasteiger partial charge in [0.2, 0.25) is 0 Å². The van der Waals surface area contributed by atoms with E-state index in [1.807, 2.05) is 0 Å². The van der Waals surface area contributed by atoms with Crippen molar-refractivity contribution in [2.75, 3.05) is 6.61 Å². The molecule has 0 aliphatic heterocycles. The second-order valence-corrected chi connectivity index (χ2v) is 5.61. The molecular formula is C13H28O. The van der Waals surface area contributed by atoms with Gasteiger partial charge in [-0.15, -0.1) is 0 Å². The second-order valence-electron chi connectivity index (χ2n) is 5.61. The van der Waals surface area contributed by atoms with Gasteiger partial charge in [-0.2, -0.15) is 0 Å². The Morgan fingerprint density at radius 1 is 1.07 bits per heavy atom. The van der Waals surface area contributed by atoms with Crippen molar-refractivity contribution in [2.45, 2.75) is 54.4 Å². The smallest absolute Gasteiger partial charge is 0.0431 e. The number of aliphatic hydroxyl groups is 1. The van der Waals surface area contributed by atoms with E-state index in [4.69, 9.17) is 5.11 Å². The van der Waals surface area contributed by atoms with E-state index < -0.39 is 0 Å². The molecule has 0 rings (SSSR count). The summed E-state index contributed by atoms with van der Waals surface area (Å²) in [6.07, 6.45) is 2.09. The minimum absolute atomic E-state index is 0.333. The minimum atomic E-state index is 0.333. The third kappa shape index (κ3) is 3.61. The molecule has 0 saturated carbocycles. The molecule has 0 radical (unpaired) electrons. The molecule has 86 valence electrons. The Hall–Kier alpha value is -0.0400. The SMILES string of the molecule is CC(CCCO)C(C)C(C)(C)C(C)C. The zero-order valence-corrected chi connectivity index (χ0v) is 10.8. The van der Waals surface area contributed by atoms with Crippen LogP contribution in [0.15, 0.2) is 0 Å². The van der Waals surface area contributed by atoms with Crippen LogP contribution < -0.4 is 0 Å². The lowest BCUT2D eigenvalue weighted by Gasteiger charge is -2.39. The van der Waals surface area contributed by atoms with Gasteiger partial charge in [0.25, 0.3) is 0 Å². The lowest BCUT2D eigenvalue weighted by molar-refractivity contribution is 0.0975. The maximum Gasteiger partial charge on any atom is 0.0431 e. The van der Waals surface area contributed by atoms with Crippen LogP contribution in [0.3, 0.4) is 0 Å². The average Bonchev–Trinajstić information content (AvgIpc) is 2.12. The van der Waals surface area contributed by atoms with Crippen LogP contribution in [-0.4, -0.2) is 11.7 Å². The van der Waals surface area contributed by atoms with Gasteiger partial charge >= 0.3 is 0 Å². The fourth-order valence-corrected chi connectivity index (χ4v) is 1.92. The van der Waals surface area contributed by atoms with Gasteiger partial charge in [0.15, 0.2) is 0 Å². The third-order valence-corrected chi connectivity index (χ3v) is 4.33. The Bertz CT molecular complexity index is 149. The van der Waals surface area contributed by atoms with Crippen LogP contribution in [0, 0.1) is 23.2 Å². The maximum absolute atomic E-state index is 8.81. The Balaban J connectivity index is 4.22. The zero-order valence-electron chi connectivity index (χ0n) is 10.8. The van der Waals surface area contributed by atoms with Gasteiger partial charge in [-0.05, 0) is 36.0 Å². The summed E-state index contributed by atoms with van der Waals surface area (Å²) in [7, 11) is 0. The maximum atomic E-state index is 8.81. The highest BCUT2D eigenvalue weighted by Gasteiger charge is 2.32. The molecule has 1 nitrogen and oxygen atoms in total. The van der Waals surface area contributed by atoms with Gasteiger partial charge in [0.1, 0.15) is 0 Å². The topological polar surface area (TPSA) is 20.2 Å². The van der Waals surface area contributed by atoms with Crippen molar-refractivity contribution in [3.05, 3.63) is 0 Å². The number of rotatable bonds is 6. The largest absolute Gasteiger partial charge is 0.396 e. The fraction of sp³-hybridized carbons (Fsp3) is 1.00. The molecule has 0 amide bonds. The van der Waals surface area contributed by atoms with Crippen molar-refractivity contribution < 1.29 is 5.11 Å². The van der Waals surface area contributed by atoms with E-state index in [-0.39, 0.29) is 0 Å². The van der Waals surface area contributed by atoms with Crippen LogP contribution in [0.1, 0.15) is 54.4 Å². The Kier molecular flexibility index (Phi) is 5.73. The standard InChI is InChI=1S/C13H28O/c1-10(2)13(5,6)12(4)11(3)8-7-9-14/h10-12,14H,7-9H2,1-6H3. The van der Waals surface area contributed by atoms with Crippen LogP contribution in [0.25, 0.3) is 0 Å². The quantitative estimate of drug-likeness (QED) is 0.693. The van der Waals surface area contributed by atoms with Crippen molar-refractivity contribution in [3.8, 4) is 0 Å². The predicted molar refractivity (Wildman–Crippen MR) is 63.3 cm³/mol. The number of hydrogen-bond acceptors (Lipinski definition) is 1. The molecule has 1 N–H and O–H groups in total. The summed E-state index contributed by atoms with van der Waals surface area (Å²) in [5.74, 6) is 2.14. The third-order valence-electron chi connectivity index (χ3n) is 4.33. The van der Waals surface area contributed by atoms with E-state index in [0.717, 1.165) is 12.8 Å². The Morgan fingerprint density at radius 3 is 1.93 bits per heavy atom. The molecule has 0 aromatic rings. The predicted octanol–water partition coefficient (Wildman–Crippen LogP) is 3.71. The molecule has 0 saturated heterocycles. The molecular weight excluding hydrogens is 172 g/mol. The van der Waals surface area contributed by atoms with Crippen LogP contribution in [0.2, 0.25) is 0 Å². The first-order chi connectivity index (χ1) is 6.34. The molecule has 0 aromatic heterocycles. The van der Waals surface area contributed by atoms with E-state index in [1.54, 1.807) is 0 Å². The first kappa shape index (κ1) is 14.0. The van der Waals surface area contributed by atoms with E-state index in [1.165, 1.54) is 0 Å². The number of hydrogen-bond donors (Lipinski definition) is 1. The average molecular weight is 200 g/mol. The Morgan fingerprint density at radius 2 is 1.57 bits per heavy atom. The summed E-state index contributed by atoms with van der Waals surface area (Å²) < 4.78 is 0. The van der Waals surface area contributed by atoms with Crippen molar-refractivity contribution in [3.63, 3.8) is 0 Å². The summed E-state index contributed by atoms with van der Waals surface area (Å²) >= 11 is 0. The fourth-order valence-electron chi connectivity index (χ4n) is 1.92. The lowest BCUT2D eigenvalue weighted by atomic mass is 9.66. The number of aliphatic hydroxyl groups excluding tert-OH is 1. The molecule has 0 aliphatic carbocycles. The van der Waals surface area contributed by atoms with E-state index in [2.05, 4.69) is 41.5 Å². The zero-order chi connectivity index (χ0) is 11.4. The molecule has 0 bridgehead atoms. The van der Waals surface area contributed by atoms with E-state index in [0.29, 0.717) is 29.8 Å². The van der Waals surface area contributed by atoms with Crippen LogP contribution in [0.5, 0.6) is 0 Å². The van der Waals surface area contributed by atoms with Gasteiger partial charge in [-0.3, -0.25) is 0 Å². The van der Waals surface area contributed by atoms with E-state index in [9.17, 15) is 0 Å². The summed E-state index contributed by atoms with van der Waals surface area (Å²) in [6, 6.07) is 0. The first-order valence-electron chi connectivity index (χ1n) is 5.94. The molecule has 0 fully saturated rings. The first-order valence-corrected chi connectivity index (χ1v) is 5.94. The monoisotopic (exact) mass is 200 g/mol. The lowest BCUT2D eigenvalue weighted by Crippen LogP contribution is -2.32. The van der Waals surface area contributed by atoms with Gasteiger partial charge in [0.05, 0.1) is 0 Å². The molecule has 0 spiro atoms. The van der Waals surface area contributed by atoms with Crippen LogP contribution in [0.4, 0.5) is 0 Å². The highest BCUT2D eigenvalue weighted by molar-refractivity contribution is 4.81. The highest BCUT2D eigenvalue weighted by Crippen LogP contribution is 2.40. The van der Waals surface area contributed by atoms with Crippen molar-refractivity contribution in [1.82, 2.24) is 0 Å². The van der Waals surface area contributed by atoms with Crippen LogP contribution in [-0.2, 0) is 0 Å². The van der Waals surface area contributed by atoms with E-state index >= 15 is 0 Å². The molecule has 0 aromatic carbocycles. The molecule has 14 heavy (non-hydrogen) atoms. The molecule has 2 unspecified atom stereocenters. The molecule has 2 atom stereocenters. The molecule has 1 heteroatoms. The molecule has 0 aliphatic rings. The minimum Gasteiger partial charge on any atom is -0.396 e. The van der Waals surface area contributed by atoms with Crippen molar-refractivity contribution >= 4 is 0 Å². The Labute approximate surface area is 89.9 Å². The van der Waals surface area contributed by atoms with Gasteiger partial charge in [-0.1, -0.05) is 41.5 Å². The summed E-state index contributed by atoms with van der Waals surface area (Å²) in [4.78, 5) is 0. The normalized spacial score (nSPS) is 17.1. The van der Waals surface area contributed by atoms with Crippen molar-refractivity contribution in [2.24, 2.45) is 23.2 Å². The summed E-state index contributed by atoms with van der Waals surface area (Å²) in [6.45, 7) is 14.3. The second kappa shape index (κ2) is 5.75. The van der Waals surface area contributed by atoms with Gasteiger partial charge < -0.3 is 5.11 Å². The highest BCUT2D eigenvalue weighted by atomic mass is 16.2. The molecule has 0 heterocycles.